The van der Waals surface area contributed by atoms with Crippen molar-refractivity contribution in [2.45, 2.75) is 97.6 Å². The van der Waals surface area contributed by atoms with Gasteiger partial charge in [-0.2, -0.15) is 0 Å². The van der Waals surface area contributed by atoms with Gasteiger partial charge in [-0.3, -0.25) is 4.79 Å². The first kappa shape index (κ1) is 32.8. The van der Waals surface area contributed by atoms with Gasteiger partial charge in [-0.05, 0) is 76.6 Å². The van der Waals surface area contributed by atoms with Crippen molar-refractivity contribution in [3.05, 3.63) is 59.8 Å². The van der Waals surface area contributed by atoms with Crippen LogP contribution in [0.4, 0.5) is 15.4 Å². The molecule has 2 aromatic rings. The van der Waals surface area contributed by atoms with E-state index in [1.54, 1.807) is 12.3 Å². The highest BCUT2D eigenvalue weighted by Crippen LogP contribution is 2.32. The molecule has 0 aliphatic heterocycles. The lowest BCUT2D eigenvalue weighted by molar-refractivity contribution is -0.128. The van der Waals surface area contributed by atoms with Crippen LogP contribution >= 0.6 is 0 Å². The summed E-state index contributed by atoms with van der Waals surface area (Å²) >= 11 is 0. The number of carbonyl (C=O) groups is 3. The van der Waals surface area contributed by atoms with Gasteiger partial charge < -0.3 is 30.7 Å². The summed E-state index contributed by atoms with van der Waals surface area (Å²) in [6.45, 7) is 12.8. The molecule has 0 bridgehead atoms. The number of ether oxygens (including phenoxy) is 2. The fourth-order valence-corrected chi connectivity index (χ4v) is 4.85. The second-order valence-electron chi connectivity index (χ2n) is 12.9. The molecule has 230 valence electrons. The minimum Gasteiger partial charge on any atom is -0.445 e. The third-order valence-electron chi connectivity index (χ3n) is 7.08. The lowest BCUT2D eigenvalue weighted by atomic mass is 9.80. The Morgan fingerprint density at radius 2 is 1.62 bits per heavy atom. The van der Waals surface area contributed by atoms with Crippen LogP contribution in [0.15, 0.2) is 48.7 Å². The molecule has 0 spiro atoms. The SMILES string of the molecule is CC1CCC(C(OC(=O)NC(C)(C)C)C(=O)Nc2cc(CNCC(C)(C)NC(=O)OCc3ccccc3)ccn2)CC1. The molecule has 1 aliphatic carbocycles. The number of alkyl carbamates (subject to hydrolysis) is 2. The monoisotopic (exact) mass is 581 g/mol. The Bertz CT molecular complexity index is 1170. The van der Waals surface area contributed by atoms with E-state index in [4.69, 9.17) is 9.47 Å². The molecule has 1 heterocycles. The molecule has 0 saturated heterocycles. The van der Waals surface area contributed by atoms with E-state index in [0.29, 0.717) is 24.8 Å². The van der Waals surface area contributed by atoms with Crippen LogP contribution < -0.4 is 21.3 Å². The van der Waals surface area contributed by atoms with E-state index >= 15 is 0 Å². The molecular formula is C32H47N5O5. The number of amides is 3. The lowest BCUT2D eigenvalue weighted by Gasteiger charge is -2.32. The average Bonchev–Trinajstić information content (AvgIpc) is 2.90. The predicted octanol–water partition coefficient (Wildman–Crippen LogP) is 5.53. The third-order valence-corrected chi connectivity index (χ3v) is 7.08. The van der Waals surface area contributed by atoms with Crippen molar-refractivity contribution in [1.82, 2.24) is 20.9 Å². The molecule has 4 N–H and O–H groups in total. The number of anilines is 1. The smallest absolute Gasteiger partial charge is 0.408 e. The number of hydrogen-bond acceptors (Lipinski definition) is 7. The minimum atomic E-state index is -0.906. The van der Waals surface area contributed by atoms with Crippen LogP contribution in [0.25, 0.3) is 0 Å². The highest BCUT2D eigenvalue weighted by atomic mass is 16.6. The zero-order valence-corrected chi connectivity index (χ0v) is 25.8. The quantitative estimate of drug-likeness (QED) is 0.274. The van der Waals surface area contributed by atoms with E-state index in [1.807, 2.05) is 71.0 Å². The maximum absolute atomic E-state index is 13.4. The Balaban J connectivity index is 1.53. The summed E-state index contributed by atoms with van der Waals surface area (Å²) in [5, 5.41) is 11.9. The number of nitrogens with one attached hydrogen (secondary N) is 4. The fraction of sp³-hybridized carbons (Fsp3) is 0.562. The molecule has 1 fully saturated rings. The van der Waals surface area contributed by atoms with Crippen LogP contribution in [0.1, 0.15) is 78.4 Å². The van der Waals surface area contributed by atoms with Gasteiger partial charge in [-0.25, -0.2) is 14.6 Å². The van der Waals surface area contributed by atoms with Gasteiger partial charge >= 0.3 is 12.2 Å². The molecule has 1 aliphatic rings. The van der Waals surface area contributed by atoms with E-state index in [-0.39, 0.29) is 18.4 Å². The molecule has 10 heteroatoms. The summed E-state index contributed by atoms with van der Waals surface area (Å²) in [5.74, 6) is 0.552. The third kappa shape index (κ3) is 11.7. The van der Waals surface area contributed by atoms with Crippen LogP contribution in [0.2, 0.25) is 0 Å². The zero-order valence-electron chi connectivity index (χ0n) is 25.8. The van der Waals surface area contributed by atoms with Crippen molar-refractivity contribution < 1.29 is 23.9 Å². The normalized spacial score (nSPS) is 18.0. The molecule has 42 heavy (non-hydrogen) atoms. The Morgan fingerprint density at radius 1 is 0.929 bits per heavy atom. The van der Waals surface area contributed by atoms with Crippen LogP contribution in [0.3, 0.4) is 0 Å². The fourth-order valence-electron chi connectivity index (χ4n) is 4.85. The molecule has 1 aromatic carbocycles. The van der Waals surface area contributed by atoms with Crippen LogP contribution in [-0.4, -0.2) is 46.8 Å². The van der Waals surface area contributed by atoms with Crippen molar-refractivity contribution in [2.24, 2.45) is 11.8 Å². The van der Waals surface area contributed by atoms with Crippen LogP contribution in [-0.2, 0) is 27.4 Å². The Morgan fingerprint density at radius 3 is 2.29 bits per heavy atom. The molecule has 1 saturated carbocycles. The van der Waals surface area contributed by atoms with Gasteiger partial charge in [-0.1, -0.05) is 50.1 Å². The molecular weight excluding hydrogens is 534 g/mol. The van der Waals surface area contributed by atoms with Crippen molar-refractivity contribution in [3.63, 3.8) is 0 Å². The molecule has 3 amide bonds. The van der Waals surface area contributed by atoms with Gasteiger partial charge in [0.2, 0.25) is 0 Å². The van der Waals surface area contributed by atoms with Gasteiger partial charge in [0, 0.05) is 30.7 Å². The number of carbonyl (C=O) groups excluding carboxylic acids is 3. The lowest BCUT2D eigenvalue weighted by Crippen LogP contribution is -2.50. The number of rotatable bonds is 11. The van der Waals surface area contributed by atoms with Crippen molar-refractivity contribution in [1.29, 1.82) is 0 Å². The number of hydrogen-bond donors (Lipinski definition) is 4. The van der Waals surface area contributed by atoms with Gasteiger partial charge in [0.05, 0.1) is 5.54 Å². The summed E-state index contributed by atoms with van der Waals surface area (Å²) in [6, 6.07) is 13.2. The highest BCUT2D eigenvalue weighted by Gasteiger charge is 2.35. The van der Waals surface area contributed by atoms with Crippen LogP contribution in [0, 0.1) is 11.8 Å². The van der Waals surface area contributed by atoms with Gasteiger partial charge in [-0.15, -0.1) is 0 Å². The number of aromatic nitrogens is 1. The van der Waals surface area contributed by atoms with Gasteiger partial charge in [0.1, 0.15) is 12.4 Å². The number of pyridine rings is 1. The largest absolute Gasteiger partial charge is 0.445 e. The second kappa shape index (κ2) is 15.0. The second-order valence-corrected chi connectivity index (χ2v) is 12.9. The number of benzene rings is 1. The summed E-state index contributed by atoms with van der Waals surface area (Å²) in [7, 11) is 0. The van der Waals surface area contributed by atoms with Gasteiger partial charge in [0.15, 0.2) is 6.10 Å². The van der Waals surface area contributed by atoms with Crippen LogP contribution in [0.5, 0.6) is 0 Å². The van der Waals surface area contributed by atoms with E-state index in [2.05, 4.69) is 33.2 Å². The van der Waals surface area contributed by atoms with Crippen molar-refractivity contribution in [3.8, 4) is 0 Å². The maximum Gasteiger partial charge on any atom is 0.408 e. The topological polar surface area (TPSA) is 131 Å². The number of nitrogens with zero attached hydrogens (tertiary/aromatic N) is 1. The Kier molecular flexibility index (Phi) is 11.7. The molecule has 3 rings (SSSR count). The van der Waals surface area contributed by atoms with Crippen molar-refractivity contribution >= 4 is 23.9 Å². The first-order valence-corrected chi connectivity index (χ1v) is 14.7. The maximum atomic E-state index is 13.4. The molecule has 1 aromatic heterocycles. The van der Waals surface area contributed by atoms with Gasteiger partial charge in [0.25, 0.3) is 5.91 Å². The summed E-state index contributed by atoms with van der Waals surface area (Å²) in [5.41, 5.74) is 0.781. The minimum absolute atomic E-state index is 0.0501. The molecule has 0 radical (unpaired) electrons. The summed E-state index contributed by atoms with van der Waals surface area (Å²) in [4.78, 5) is 42.6. The Labute approximate surface area is 249 Å². The van der Waals surface area contributed by atoms with E-state index < -0.39 is 29.4 Å². The molecule has 1 unspecified atom stereocenters. The molecule has 1 atom stereocenters. The van der Waals surface area contributed by atoms with E-state index in [0.717, 1.165) is 36.8 Å². The molecule has 10 nitrogen and oxygen atoms in total. The zero-order chi connectivity index (χ0) is 30.8. The summed E-state index contributed by atoms with van der Waals surface area (Å²) < 4.78 is 11.0. The Hall–Kier alpha value is -3.66. The first-order chi connectivity index (χ1) is 19.8. The first-order valence-electron chi connectivity index (χ1n) is 14.7. The standard InChI is InChI=1S/C32H47N5O5/c1-22-12-14-25(15-13-22)27(42-30(40)36-31(2,3)4)28(38)35-26-18-24(16-17-34-26)19-33-21-32(5,6)37-29(39)41-20-23-10-8-7-9-11-23/h7-11,16-18,22,25,27,33H,12-15,19-21H2,1-6H3,(H,36,40)(H,37,39)(H,34,35,38). The highest BCUT2D eigenvalue weighted by molar-refractivity contribution is 5.94. The predicted molar refractivity (Wildman–Crippen MR) is 163 cm³/mol. The average molecular weight is 582 g/mol. The van der Waals surface area contributed by atoms with Crippen molar-refractivity contribution in [2.75, 3.05) is 11.9 Å². The van der Waals surface area contributed by atoms with E-state index in [9.17, 15) is 14.4 Å². The summed E-state index contributed by atoms with van der Waals surface area (Å²) in [6.07, 6.45) is 3.26. The van der Waals surface area contributed by atoms with E-state index in [1.165, 1.54) is 0 Å².